The zero-order chi connectivity index (χ0) is 13.7. The van der Waals surface area contributed by atoms with Crippen LogP contribution in [0.4, 0.5) is 0 Å². The highest BCUT2D eigenvalue weighted by atomic mass is 35.5. The van der Waals surface area contributed by atoms with E-state index < -0.39 is 10.0 Å². The van der Waals surface area contributed by atoms with Gasteiger partial charge in [-0.15, -0.1) is 23.7 Å². The van der Waals surface area contributed by atoms with Crippen molar-refractivity contribution in [3.63, 3.8) is 0 Å². The maximum absolute atomic E-state index is 12.6. The Kier molecular flexibility index (Phi) is 3.48. The van der Waals surface area contributed by atoms with Gasteiger partial charge in [-0.1, -0.05) is 0 Å². The molecule has 0 unspecified atom stereocenters. The van der Waals surface area contributed by atoms with E-state index >= 15 is 0 Å². The van der Waals surface area contributed by atoms with Crippen molar-refractivity contribution in [2.75, 3.05) is 0 Å². The van der Waals surface area contributed by atoms with E-state index in [1.807, 2.05) is 0 Å². The summed E-state index contributed by atoms with van der Waals surface area (Å²) in [5, 5.41) is 7.29. The van der Waals surface area contributed by atoms with Crippen LogP contribution >= 0.6 is 23.7 Å². The summed E-state index contributed by atoms with van der Waals surface area (Å²) in [6.07, 6.45) is 1.58. The minimum absolute atomic E-state index is 0. The first kappa shape index (κ1) is 14.5. The Hall–Kier alpha value is -1.48. The van der Waals surface area contributed by atoms with Gasteiger partial charge in [-0.25, -0.2) is 4.98 Å². The van der Waals surface area contributed by atoms with Crippen LogP contribution < -0.4 is 5.32 Å². The summed E-state index contributed by atoms with van der Waals surface area (Å²) in [6.45, 7) is 1.28. The van der Waals surface area contributed by atoms with Gasteiger partial charge in [-0.3, -0.25) is 0 Å². The average molecular weight is 343 g/mol. The highest BCUT2D eigenvalue weighted by molar-refractivity contribution is 7.89. The van der Waals surface area contributed by atoms with Gasteiger partial charge in [-0.05, 0) is 18.2 Å². The third-order valence-corrected chi connectivity index (χ3v) is 5.63. The first-order chi connectivity index (χ1) is 9.64. The van der Waals surface area contributed by atoms with Crippen LogP contribution in [0.15, 0.2) is 34.8 Å². The molecule has 6 nitrogen and oxygen atoms in total. The predicted molar refractivity (Wildman–Crippen MR) is 82.2 cm³/mol. The number of hydrogen-bond acceptors (Lipinski definition) is 6. The summed E-state index contributed by atoms with van der Waals surface area (Å²) in [4.78, 5) is 4.39. The molecule has 1 aliphatic rings. The van der Waals surface area contributed by atoms with Crippen molar-refractivity contribution in [3.8, 4) is 0 Å². The third-order valence-electron chi connectivity index (χ3n) is 3.31. The highest BCUT2D eigenvalue weighted by Gasteiger charge is 2.23. The van der Waals surface area contributed by atoms with E-state index in [1.54, 1.807) is 29.9 Å². The molecular formula is C12H11ClN4O2S2. The van der Waals surface area contributed by atoms with Gasteiger partial charge in [0.25, 0.3) is 10.0 Å². The Labute approximate surface area is 131 Å². The number of hydrogen-bond donors (Lipinski definition) is 1. The molecule has 0 aliphatic carbocycles. The van der Waals surface area contributed by atoms with Crippen molar-refractivity contribution in [2.45, 2.75) is 18.0 Å². The minimum atomic E-state index is -3.63. The molecule has 21 heavy (non-hydrogen) atoms. The second kappa shape index (κ2) is 5.06. The molecule has 0 radical (unpaired) electrons. The van der Waals surface area contributed by atoms with Crippen LogP contribution in [0.1, 0.15) is 11.3 Å². The molecule has 0 bridgehead atoms. The molecule has 3 heterocycles. The van der Waals surface area contributed by atoms with Crippen LogP contribution in [-0.2, 0) is 23.1 Å². The smallest absolute Gasteiger partial charge is 0.283 e. The second-order valence-electron chi connectivity index (χ2n) is 4.56. The van der Waals surface area contributed by atoms with Crippen LogP contribution in [0.3, 0.4) is 0 Å². The summed E-state index contributed by atoms with van der Waals surface area (Å²) in [7, 11) is -3.63. The first-order valence-corrected chi connectivity index (χ1v) is 8.33. The molecule has 9 heteroatoms. The molecule has 0 saturated carbocycles. The maximum Gasteiger partial charge on any atom is 0.283 e. The minimum Gasteiger partial charge on any atom is -0.307 e. The lowest BCUT2D eigenvalue weighted by molar-refractivity contribution is 0.578. The number of thiazole rings is 1. The number of benzene rings is 1. The van der Waals surface area contributed by atoms with Crippen LogP contribution in [0.2, 0.25) is 0 Å². The van der Waals surface area contributed by atoms with Crippen molar-refractivity contribution < 1.29 is 8.42 Å². The Bertz CT molecular complexity index is 895. The SMILES string of the molecule is Cl.O=S(=O)(c1ccc2ncsc2c1)n1cc2c(n1)CNC2. The number of nitrogens with one attached hydrogen (secondary N) is 1. The second-order valence-corrected chi connectivity index (χ2v) is 7.25. The third kappa shape index (κ3) is 2.24. The van der Waals surface area contributed by atoms with E-state index in [2.05, 4.69) is 15.4 Å². The van der Waals surface area contributed by atoms with Crippen molar-refractivity contribution in [1.29, 1.82) is 0 Å². The monoisotopic (exact) mass is 342 g/mol. The van der Waals surface area contributed by atoms with Crippen molar-refractivity contribution in [2.24, 2.45) is 0 Å². The van der Waals surface area contributed by atoms with Crippen LogP contribution in [-0.4, -0.2) is 22.6 Å². The summed E-state index contributed by atoms with van der Waals surface area (Å²) in [5.74, 6) is 0. The molecule has 0 atom stereocenters. The summed E-state index contributed by atoms with van der Waals surface area (Å²) >= 11 is 1.42. The van der Waals surface area contributed by atoms with E-state index in [-0.39, 0.29) is 17.3 Å². The topological polar surface area (TPSA) is 76.9 Å². The number of rotatable bonds is 2. The summed E-state index contributed by atoms with van der Waals surface area (Å²) < 4.78 is 27.1. The van der Waals surface area contributed by atoms with E-state index in [0.717, 1.165) is 25.6 Å². The standard InChI is InChI=1S/C12H10N4O2S2.ClH/c17-20(18,16-6-8-4-13-5-11(8)15-16)9-1-2-10-12(3-9)19-7-14-10;/h1-3,6-7,13H,4-5H2;1H. The van der Waals surface area contributed by atoms with Crippen molar-refractivity contribution in [3.05, 3.63) is 41.2 Å². The van der Waals surface area contributed by atoms with E-state index in [0.29, 0.717) is 13.1 Å². The van der Waals surface area contributed by atoms with Crippen molar-refractivity contribution >= 4 is 44.0 Å². The molecular weight excluding hydrogens is 332 g/mol. The van der Waals surface area contributed by atoms with Crippen molar-refractivity contribution in [1.82, 2.24) is 19.5 Å². The molecule has 110 valence electrons. The first-order valence-electron chi connectivity index (χ1n) is 6.01. The average Bonchev–Trinajstić information content (AvgIpc) is 3.12. The quantitative estimate of drug-likeness (QED) is 0.767. The fourth-order valence-electron chi connectivity index (χ4n) is 2.26. The van der Waals surface area contributed by atoms with Crippen LogP contribution in [0.5, 0.6) is 0 Å². The molecule has 0 spiro atoms. The lowest BCUT2D eigenvalue weighted by atomic mass is 10.3. The van der Waals surface area contributed by atoms with E-state index in [4.69, 9.17) is 0 Å². The van der Waals surface area contributed by atoms with Gasteiger partial charge in [0.05, 0.1) is 26.3 Å². The lowest BCUT2D eigenvalue weighted by Crippen LogP contribution is -2.15. The predicted octanol–water partition coefficient (Wildman–Crippen LogP) is 1.75. The van der Waals surface area contributed by atoms with E-state index in [9.17, 15) is 8.42 Å². The van der Waals surface area contributed by atoms with E-state index in [1.165, 1.54) is 11.3 Å². The zero-order valence-electron chi connectivity index (χ0n) is 10.7. The largest absolute Gasteiger partial charge is 0.307 e. The molecule has 0 amide bonds. The zero-order valence-corrected chi connectivity index (χ0v) is 13.1. The number of fused-ring (bicyclic) bond motifs is 2. The highest BCUT2D eigenvalue weighted by Crippen LogP contribution is 2.24. The lowest BCUT2D eigenvalue weighted by Gasteiger charge is -2.04. The maximum atomic E-state index is 12.6. The molecule has 0 fully saturated rings. The number of halogens is 1. The number of nitrogens with zero attached hydrogens (tertiary/aromatic N) is 3. The summed E-state index contributed by atoms with van der Waals surface area (Å²) in [5.41, 5.74) is 4.25. The van der Waals surface area contributed by atoms with Gasteiger partial charge >= 0.3 is 0 Å². The van der Waals surface area contributed by atoms with Gasteiger partial charge in [0.15, 0.2) is 0 Å². The van der Waals surface area contributed by atoms with Gasteiger partial charge in [0, 0.05) is 24.8 Å². The Balaban J connectivity index is 0.00000132. The fourth-order valence-corrected chi connectivity index (χ4v) is 4.24. The molecule has 1 aliphatic heterocycles. The van der Waals surface area contributed by atoms with Gasteiger partial charge in [0.1, 0.15) is 0 Å². The molecule has 2 aromatic heterocycles. The Morgan fingerprint density at radius 1 is 1.29 bits per heavy atom. The fraction of sp³-hybridized carbons (Fsp3) is 0.167. The number of aromatic nitrogens is 3. The Morgan fingerprint density at radius 3 is 2.95 bits per heavy atom. The molecule has 1 N–H and O–H groups in total. The molecule has 3 aromatic rings. The molecule has 1 aromatic carbocycles. The molecule has 4 rings (SSSR count). The Morgan fingerprint density at radius 2 is 2.14 bits per heavy atom. The van der Waals surface area contributed by atoms with Crippen LogP contribution in [0, 0.1) is 0 Å². The van der Waals surface area contributed by atoms with Crippen LogP contribution in [0.25, 0.3) is 10.2 Å². The van der Waals surface area contributed by atoms with Gasteiger partial charge in [0.2, 0.25) is 0 Å². The molecule has 0 saturated heterocycles. The van der Waals surface area contributed by atoms with Gasteiger partial charge < -0.3 is 5.32 Å². The van der Waals surface area contributed by atoms with Gasteiger partial charge in [-0.2, -0.15) is 17.6 Å². The summed E-state index contributed by atoms with van der Waals surface area (Å²) in [6, 6.07) is 4.94. The normalized spacial score (nSPS) is 14.1.